The summed E-state index contributed by atoms with van der Waals surface area (Å²) >= 11 is 1.50. The van der Waals surface area contributed by atoms with E-state index < -0.39 is 0 Å². The van der Waals surface area contributed by atoms with Gasteiger partial charge in [-0.15, -0.1) is 10.2 Å². The lowest BCUT2D eigenvalue weighted by Crippen LogP contribution is -2.32. The van der Waals surface area contributed by atoms with E-state index in [4.69, 9.17) is 9.72 Å². The Morgan fingerprint density at radius 2 is 2.16 bits per heavy atom. The molecule has 0 aliphatic carbocycles. The minimum absolute atomic E-state index is 0.00998. The summed E-state index contributed by atoms with van der Waals surface area (Å²) in [5.41, 5.74) is 0.849. The quantitative estimate of drug-likeness (QED) is 0.554. The van der Waals surface area contributed by atoms with Crippen LogP contribution < -0.4 is 10.1 Å². The number of carbonyl (C=O) groups excluding carboxylic acids is 1. The minimum Gasteiger partial charge on any atom is -0.493 e. The number of rotatable bonds is 8. The van der Waals surface area contributed by atoms with Gasteiger partial charge >= 0.3 is 0 Å². The molecule has 31 heavy (non-hydrogen) atoms. The second-order valence-electron chi connectivity index (χ2n) is 7.23. The van der Waals surface area contributed by atoms with Gasteiger partial charge in [-0.25, -0.2) is 9.37 Å². The highest BCUT2D eigenvalue weighted by Gasteiger charge is 2.30. The van der Waals surface area contributed by atoms with Crippen LogP contribution in [-0.2, 0) is 11.2 Å². The zero-order valence-corrected chi connectivity index (χ0v) is 18.1. The first-order chi connectivity index (χ1) is 15.1. The van der Waals surface area contributed by atoms with Gasteiger partial charge in [0.1, 0.15) is 22.4 Å². The van der Waals surface area contributed by atoms with Gasteiger partial charge in [0.05, 0.1) is 24.8 Å². The van der Waals surface area contributed by atoms with Crippen molar-refractivity contribution >= 4 is 28.2 Å². The Morgan fingerprint density at radius 3 is 2.97 bits per heavy atom. The van der Waals surface area contributed by atoms with Crippen LogP contribution >= 0.6 is 11.3 Å². The van der Waals surface area contributed by atoms with Gasteiger partial charge in [-0.2, -0.15) is 0 Å². The summed E-state index contributed by atoms with van der Waals surface area (Å²) in [6, 6.07) is 11.6. The van der Waals surface area contributed by atoms with E-state index in [1.165, 1.54) is 23.5 Å². The maximum atomic E-state index is 13.3. The van der Waals surface area contributed by atoms with Gasteiger partial charge in [-0.05, 0) is 43.5 Å². The summed E-state index contributed by atoms with van der Waals surface area (Å²) in [4.78, 5) is 19.4. The fraction of sp³-hybridized carbons (Fsp3) is 0.364. The van der Waals surface area contributed by atoms with Crippen molar-refractivity contribution in [2.75, 3.05) is 18.5 Å². The van der Waals surface area contributed by atoms with Gasteiger partial charge in [-0.3, -0.25) is 4.79 Å². The normalized spacial score (nSPS) is 15.8. The number of nitrogens with zero attached hydrogens (tertiary/aromatic N) is 4. The molecular formula is C22H24FN5O2S. The molecule has 1 aromatic carbocycles. The van der Waals surface area contributed by atoms with Crippen molar-refractivity contribution in [1.29, 1.82) is 0 Å². The van der Waals surface area contributed by atoms with Crippen molar-refractivity contribution in [2.45, 2.75) is 38.6 Å². The molecule has 0 radical (unpaired) electrons. The van der Waals surface area contributed by atoms with E-state index in [2.05, 4.69) is 15.5 Å². The summed E-state index contributed by atoms with van der Waals surface area (Å²) in [5, 5.41) is 13.1. The number of benzene rings is 1. The molecule has 3 aromatic rings. The Balaban J connectivity index is 1.37. The summed E-state index contributed by atoms with van der Waals surface area (Å²) in [6.45, 7) is 2.94. The first kappa shape index (κ1) is 21.2. The third-order valence-electron chi connectivity index (χ3n) is 5.07. The summed E-state index contributed by atoms with van der Waals surface area (Å²) in [5.74, 6) is 0.761. The molecule has 9 heteroatoms. The molecule has 0 saturated carbocycles. The second-order valence-corrected chi connectivity index (χ2v) is 8.29. The van der Waals surface area contributed by atoms with Gasteiger partial charge in [0.2, 0.25) is 11.0 Å². The molecule has 1 fully saturated rings. The molecule has 2 aromatic heterocycles. The molecule has 4 rings (SSSR count). The molecule has 3 heterocycles. The maximum Gasteiger partial charge on any atom is 0.226 e. The SMILES string of the molecule is CCc1nnc(Nc2cccc([C@@H]3CCCN3C(=O)CCOc3cccc(F)c3)n2)s1. The van der Waals surface area contributed by atoms with Gasteiger partial charge < -0.3 is 15.0 Å². The van der Waals surface area contributed by atoms with E-state index in [1.54, 1.807) is 12.1 Å². The summed E-state index contributed by atoms with van der Waals surface area (Å²) in [6.07, 6.45) is 2.87. The molecule has 1 atom stereocenters. The van der Waals surface area contributed by atoms with Gasteiger partial charge in [-0.1, -0.05) is 30.4 Å². The number of nitrogens with one attached hydrogen (secondary N) is 1. The number of likely N-dealkylation sites (tertiary alicyclic amines) is 1. The number of ether oxygens (including phenoxy) is 1. The predicted molar refractivity (Wildman–Crippen MR) is 117 cm³/mol. The van der Waals surface area contributed by atoms with Crippen molar-refractivity contribution < 1.29 is 13.9 Å². The van der Waals surface area contributed by atoms with Crippen LogP contribution in [0.15, 0.2) is 42.5 Å². The minimum atomic E-state index is -0.359. The van der Waals surface area contributed by atoms with E-state index in [9.17, 15) is 9.18 Å². The smallest absolute Gasteiger partial charge is 0.226 e. The zero-order chi connectivity index (χ0) is 21.6. The van der Waals surface area contributed by atoms with Crippen molar-refractivity contribution in [3.63, 3.8) is 0 Å². The first-order valence-corrected chi connectivity index (χ1v) is 11.2. The Hall–Kier alpha value is -3.07. The number of anilines is 2. The molecule has 7 nitrogen and oxygen atoms in total. The van der Waals surface area contributed by atoms with Crippen LogP contribution in [-0.4, -0.2) is 39.1 Å². The van der Waals surface area contributed by atoms with Gasteiger partial charge in [0.15, 0.2) is 0 Å². The average molecular weight is 442 g/mol. The molecule has 0 bridgehead atoms. The van der Waals surface area contributed by atoms with Gasteiger partial charge in [0.25, 0.3) is 0 Å². The third kappa shape index (κ3) is 5.35. The number of aromatic nitrogens is 3. The zero-order valence-electron chi connectivity index (χ0n) is 17.3. The number of halogens is 1. The lowest BCUT2D eigenvalue weighted by Gasteiger charge is -2.24. The highest BCUT2D eigenvalue weighted by molar-refractivity contribution is 7.15. The third-order valence-corrected chi connectivity index (χ3v) is 6.05. The number of amides is 1. The van der Waals surface area contributed by atoms with Crippen molar-refractivity contribution in [1.82, 2.24) is 20.1 Å². The van der Waals surface area contributed by atoms with E-state index in [1.807, 2.05) is 30.0 Å². The average Bonchev–Trinajstić information content (AvgIpc) is 3.43. The van der Waals surface area contributed by atoms with E-state index in [0.717, 1.165) is 30.0 Å². The molecule has 1 N–H and O–H groups in total. The molecular weight excluding hydrogens is 417 g/mol. The Morgan fingerprint density at radius 1 is 1.29 bits per heavy atom. The molecule has 1 aliphatic rings. The first-order valence-electron chi connectivity index (χ1n) is 10.4. The molecule has 0 spiro atoms. The lowest BCUT2D eigenvalue weighted by atomic mass is 10.1. The van der Waals surface area contributed by atoms with Crippen LogP contribution in [0.3, 0.4) is 0 Å². The van der Waals surface area contributed by atoms with Crippen molar-refractivity contribution in [3.05, 3.63) is 59.0 Å². The van der Waals surface area contributed by atoms with Gasteiger partial charge in [0, 0.05) is 12.6 Å². The van der Waals surface area contributed by atoms with Crippen LogP contribution in [0.2, 0.25) is 0 Å². The Kier molecular flexibility index (Phi) is 6.71. The monoisotopic (exact) mass is 441 g/mol. The van der Waals surface area contributed by atoms with E-state index in [-0.39, 0.29) is 30.8 Å². The molecule has 162 valence electrons. The lowest BCUT2D eigenvalue weighted by molar-refractivity contribution is -0.132. The Bertz CT molecular complexity index is 1040. The van der Waals surface area contributed by atoms with E-state index >= 15 is 0 Å². The van der Waals surface area contributed by atoms with Crippen LogP contribution in [0.5, 0.6) is 5.75 Å². The largest absolute Gasteiger partial charge is 0.493 e. The summed E-state index contributed by atoms with van der Waals surface area (Å²) < 4.78 is 18.8. The number of hydrogen-bond donors (Lipinski definition) is 1. The highest BCUT2D eigenvalue weighted by Crippen LogP contribution is 2.32. The molecule has 1 saturated heterocycles. The standard InChI is InChI=1S/C22H24FN5O2S/c1-2-20-26-27-22(31-20)25-19-10-4-8-17(24-19)18-9-5-12-28(18)21(29)11-13-30-16-7-3-6-15(23)14-16/h3-4,6-8,10,14,18H,2,5,9,11-13H2,1H3,(H,24,25,27)/t18-/m0/s1. The van der Waals surface area contributed by atoms with Crippen molar-refractivity contribution in [2.24, 2.45) is 0 Å². The van der Waals surface area contributed by atoms with Crippen molar-refractivity contribution in [3.8, 4) is 5.75 Å². The van der Waals surface area contributed by atoms with Crippen LogP contribution in [0.4, 0.5) is 15.3 Å². The molecule has 1 amide bonds. The fourth-order valence-electron chi connectivity index (χ4n) is 3.59. The number of pyridine rings is 1. The Labute approximate surface area is 184 Å². The van der Waals surface area contributed by atoms with Crippen LogP contribution in [0.1, 0.15) is 42.9 Å². The van der Waals surface area contributed by atoms with Crippen LogP contribution in [0.25, 0.3) is 0 Å². The summed E-state index contributed by atoms with van der Waals surface area (Å²) in [7, 11) is 0. The second kappa shape index (κ2) is 9.82. The predicted octanol–water partition coefficient (Wildman–Crippen LogP) is 4.51. The van der Waals surface area contributed by atoms with E-state index in [0.29, 0.717) is 23.2 Å². The topological polar surface area (TPSA) is 80.2 Å². The highest BCUT2D eigenvalue weighted by atomic mass is 32.1. The number of hydrogen-bond acceptors (Lipinski definition) is 7. The fourth-order valence-corrected chi connectivity index (χ4v) is 4.28. The van der Waals surface area contributed by atoms with Crippen LogP contribution in [0, 0.1) is 5.82 Å². The number of aryl methyl sites for hydroxylation is 1. The molecule has 0 unspecified atom stereocenters. The maximum absolute atomic E-state index is 13.3. The molecule has 1 aliphatic heterocycles. The number of carbonyl (C=O) groups is 1.